The van der Waals surface area contributed by atoms with Gasteiger partial charge in [0.2, 0.25) is 0 Å². The van der Waals surface area contributed by atoms with Gasteiger partial charge in [-0.25, -0.2) is 4.99 Å². The fourth-order valence-electron chi connectivity index (χ4n) is 2.89. The normalized spacial score (nSPS) is 17.3. The molecule has 1 aliphatic rings. The molecule has 1 aromatic carbocycles. The summed E-state index contributed by atoms with van der Waals surface area (Å²) >= 11 is 3.47. The van der Waals surface area contributed by atoms with Gasteiger partial charge in [-0.1, -0.05) is 35.0 Å². The first-order valence-electron chi connectivity index (χ1n) is 8.73. The first-order valence-corrected chi connectivity index (χ1v) is 9.52. The molecule has 128 valence electrons. The number of benzene rings is 1. The Bertz CT molecular complexity index is 478. The SMILES string of the molecule is CCCN1CCC(NC(=NCc2ccc(Br)cc2)NCC)CC1. The van der Waals surface area contributed by atoms with E-state index in [4.69, 9.17) is 4.99 Å². The van der Waals surface area contributed by atoms with Crippen molar-refractivity contribution in [3.05, 3.63) is 34.3 Å². The van der Waals surface area contributed by atoms with Crippen molar-refractivity contribution < 1.29 is 0 Å². The topological polar surface area (TPSA) is 39.7 Å². The van der Waals surface area contributed by atoms with Crippen LogP contribution in [0.5, 0.6) is 0 Å². The van der Waals surface area contributed by atoms with Gasteiger partial charge >= 0.3 is 0 Å². The van der Waals surface area contributed by atoms with E-state index >= 15 is 0 Å². The number of halogens is 1. The fourth-order valence-corrected chi connectivity index (χ4v) is 3.15. The zero-order valence-corrected chi connectivity index (χ0v) is 15.9. The minimum Gasteiger partial charge on any atom is -0.357 e. The molecule has 0 radical (unpaired) electrons. The quantitative estimate of drug-likeness (QED) is 0.586. The van der Waals surface area contributed by atoms with Gasteiger partial charge in [-0.3, -0.25) is 0 Å². The average Bonchev–Trinajstić information content (AvgIpc) is 2.56. The Labute approximate surface area is 148 Å². The number of guanidine groups is 1. The Morgan fingerprint density at radius 1 is 1.22 bits per heavy atom. The van der Waals surface area contributed by atoms with Crippen molar-refractivity contribution in [3.63, 3.8) is 0 Å². The summed E-state index contributed by atoms with van der Waals surface area (Å²) in [6.45, 7) is 9.57. The Kier molecular flexibility index (Phi) is 7.89. The molecule has 2 N–H and O–H groups in total. The van der Waals surface area contributed by atoms with Gasteiger partial charge in [-0.15, -0.1) is 0 Å². The summed E-state index contributed by atoms with van der Waals surface area (Å²) in [6, 6.07) is 8.88. The third-order valence-electron chi connectivity index (χ3n) is 4.15. The number of likely N-dealkylation sites (tertiary alicyclic amines) is 1. The number of hydrogen-bond acceptors (Lipinski definition) is 2. The lowest BCUT2D eigenvalue weighted by molar-refractivity contribution is 0.206. The van der Waals surface area contributed by atoms with E-state index in [-0.39, 0.29) is 0 Å². The second kappa shape index (κ2) is 9.93. The maximum Gasteiger partial charge on any atom is 0.191 e. The van der Waals surface area contributed by atoms with Gasteiger partial charge in [-0.2, -0.15) is 0 Å². The Hall–Kier alpha value is -1.07. The van der Waals surface area contributed by atoms with Gasteiger partial charge in [0, 0.05) is 30.1 Å². The highest BCUT2D eigenvalue weighted by molar-refractivity contribution is 9.10. The van der Waals surface area contributed by atoms with Crippen molar-refractivity contribution in [1.82, 2.24) is 15.5 Å². The van der Waals surface area contributed by atoms with Crippen molar-refractivity contribution in [2.75, 3.05) is 26.2 Å². The summed E-state index contributed by atoms with van der Waals surface area (Å²) in [5, 5.41) is 6.97. The molecule has 0 atom stereocenters. The van der Waals surface area contributed by atoms with E-state index < -0.39 is 0 Å². The lowest BCUT2D eigenvalue weighted by Crippen LogP contribution is -2.48. The van der Waals surface area contributed by atoms with Crippen LogP contribution >= 0.6 is 15.9 Å². The van der Waals surface area contributed by atoms with Gasteiger partial charge in [0.15, 0.2) is 5.96 Å². The minimum atomic E-state index is 0.533. The molecule has 5 heteroatoms. The van der Waals surface area contributed by atoms with Gasteiger partial charge in [-0.05, 0) is 50.4 Å². The van der Waals surface area contributed by atoms with Crippen LogP contribution in [0.2, 0.25) is 0 Å². The molecular formula is C18H29BrN4. The summed E-state index contributed by atoms with van der Waals surface area (Å²) < 4.78 is 1.11. The van der Waals surface area contributed by atoms with Gasteiger partial charge in [0.05, 0.1) is 6.54 Å². The molecular weight excluding hydrogens is 352 g/mol. The zero-order chi connectivity index (χ0) is 16.5. The monoisotopic (exact) mass is 380 g/mol. The average molecular weight is 381 g/mol. The smallest absolute Gasteiger partial charge is 0.191 e. The minimum absolute atomic E-state index is 0.533. The number of hydrogen-bond donors (Lipinski definition) is 2. The largest absolute Gasteiger partial charge is 0.357 e. The van der Waals surface area contributed by atoms with E-state index in [1.165, 1.54) is 44.5 Å². The van der Waals surface area contributed by atoms with Crippen molar-refractivity contribution in [2.45, 2.75) is 45.7 Å². The number of nitrogens with zero attached hydrogens (tertiary/aromatic N) is 2. The van der Waals surface area contributed by atoms with Crippen LogP contribution < -0.4 is 10.6 Å². The molecule has 2 rings (SSSR count). The van der Waals surface area contributed by atoms with Crippen LogP contribution in [-0.4, -0.2) is 43.1 Å². The molecule has 0 amide bonds. The highest BCUT2D eigenvalue weighted by Crippen LogP contribution is 2.12. The highest BCUT2D eigenvalue weighted by Gasteiger charge is 2.19. The molecule has 1 saturated heterocycles. The second-order valence-electron chi connectivity index (χ2n) is 6.08. The third kappa shape index (κ3) is 6.51. The molecule has 4 nitrogen and oxygen atoms in total. The third-order valence-corrected chi connectivity index (χ3v) is 4.67. The molecule has 0 saturated carbocycles. The molecule has 0 unspecified atom stereocenters. The van der Waals surface area contributed by atoms with Crippen LogP contribution in [0.4, 0.5) is 0 Å². The maximum atomic E-state index is 4.73. The van der Waals surface area contributed by atoms with Crippen LogP contribution in [0.3, 0.4) is 0 Å². The van der Waals surface area contributed by atoms with Crippen LogP contribution in [0, 0.1) is 0 Å². The summed E-state index contributed by atoms with van der Waals surface area (Å²) in [6.07, 6.45) is 3.64. The molecule has 1 aliphatic heterocycles. The molecule has 0 aromatic heterocycles. The van der Waals surface area contributed by atoms with Crippen LogP contribution in [0.25, 0.3) is 0 Å². The highest BCUT2D eigenvalue weighted by atomic mass is 79.9. The lowest BCUT2D eigenvalue weighted by Gasteiger charge is -2.32. The van der Waals surface area contributed by atoms with E-state index in [1.54, 1.807) is 0 Å². The number of nitrogens with one attached hydrogen (secondary N) is 2. The van der Waals surface area contributed by atoms with Crippen molar-refractivity contribution in [3.8, 4) is 0 Å². The van der Waals surface area contributed by atoms with E-state index in [9.17, 15) is 0 Å². The molecule has 0 spiro atoms. The van der Waals surface area contributed by atoms with E-state index in [0.29, 0.717) is 12.6 Å². The molecule has 23 heavy (non-hydrogen) atoms. The van der Waals surface area contributed by atoms with Crippen LogP contribution in [0.1, 0.15) is 38.7 Å². The Morgan fingerprint density at radius 3 is 2.52 bits per heavy atom. The Morgan fingerprint density at radius 2 is 1.91 bits per heavy atom. The number of piperidine rings is 1. The molecule has 1 heterocycles. The van der Waals surface area contributed by atoms with E-state index in [0.717, 1.165) is 17.0 Å². The summed E-state index contributed by atoms with van der Waals surface area (Å²) in [7, 11) is 0. The maximum absolute atomic E-state index is 4.73. The van der Waals surface area contributed by atoms with Gasteiger partial charge in [0.25, 0.3) is 0 Å². The Balaban J connectivity index is 1.85. The zero-order valence-electron chi connectivity index (χ0n) is 14.3. The molecule has 1 fully saturated rings. The van der Waals surface area contributed by atoms with Crippen LogP contribution in [0.15, 0.2) is 33.7 Å². The van der Waals surface area contributed by atoms with Gasteiger partial charge in [0.1, 0.15) is 0 Å². The van der Waals surface area contributed by atoms with Crippen molar-refractivity contribution in [2.24, 2.45) is 4.99 Å². The van der Waals surface area contributed by atoms with E-state index in [1.807, 2.05) is 0 Å². The van der Waals surface area contributed by atoms with E-state index in [2.05, 4.69) is 69.6 Å². The van der Waals surface area contributed by atoms with Crippen molar-refractivity contribution in [1.29, 1.82) is 0 Å². The molecule has 0 aliphatic carbocycles. The van der Waals surface area contributed by atoms with Crippen molar-refractivity contribution >= 4 is 21.9 Å². The predicted octanol–water partition coefficient (Wildman–Crippen LogP) is 3.38. The second-order valence-corrected chi connectivity index (χ2v) is 7.00. The lowest BCUT2D eigenvalue weighted by atomic mass is 10.1. The summed E-state index contributed by atoms with van der Waals surface area (Å²) in [4.78, 5) is 7.29. The van der Waals surface area contributed by atoms with Crippen LogP contribution in [-0.2, 0) is 6.54 Å². The molecule has 1 aromatic rings. The fraction of sp³-hybridized carbons (Fsp3) is 0.611. The number of aliphatic imine (C=N–C) groups is 1. The molecule has 0 bridgehead atoms. The first-order chi connectivity index (χ1) is 11.2. The summed E-state index contributed by atoms with van der Waals surface area (Å²) in [5.41, 5.74) is 1.23. The number of rotatable bonds is 6. The predicted molar refractivity (Wildman–Crippen MR) is 102 cm³/mol. The standard InChI is InChI=1S/C18H29BrN4/c1-3-11-23-12-9-17(10-13-23)22-18(20-4-2)21-14-15-5-7-16(19)8-6-15/h5-8,17H,3-4,9-14H2,1-2H3,(H2,20,21,22). The van der Waals surface area contributed by atoms with Gasteiger partial charge < -0.3 is 15.5 Å². The first kappa shape index (κ1) is 18.3. The summed E-state index contributed by atoms with van der Waals surface area (Å²) in [5.74, 6) is 0.935.